The minimum Gasteiger partial charge on any atom is -0.344 e. The van der Waals surface area contributed by atoms with Gasteiger partial charge in [0.1, 0.15) is 0 Å². The molecule has 0 radical (unpaired) electrons. The molecule has 0 aliphatic rings. The third kappa shape index (κ3) is 1.27. The highest BCUT2D eigenvalue weighted by molar-refractivity contribution is 6.30. The van der Waals surface area contributed by atoms with Crippen molar-refractivity contribution in [1.82, 2.24) is 5.16 Å². The second-order valence-electron chi connectivity index (χ2n) is 1.87. The summed E-state index contributed by atoms with van der Waals surface area (Å²) >= 11 is 11.2. The fraction of sp³-hybridized carbons (Fsp3) is 0.500. The highest BCUT2D eigenvalue weighted by Crippen LogP contribution is 2.21. The molecule has 0 fully saturated rings. The molecule has 56 valence electrons. The zero-order valence-electron chi connectivity index (χ0n) is 5.53. The summed E-state index contributed by atoms with van der Waals surface area (Å²) in [4.78, 5) is 0. The zero-order valence-corrected chi connectivity index (χ0v) is 7.04. The van der Waals surface area contributed by atoms with Crippen molar-refractivity contribution >= 4 is 23.2 Å². The maximum absolute atomic E-state index is 5.61. The van der Waals surface area contributed by atoms with Crippen molar-refractivity contribution in [3.8, 4) is 0 Å². The molecule has 0 bridgehead atoms. The fourth-order valence-electron chi connectivity index (χ4n) is 0.726. The largest absolute Gasteiger partial charge is 0.344 e. The van der Waals surface area contributed by atoms with Crippen molar-refractivity contribution < 1.29 is 4.52 Å². The molecule has 0 unspecified atom stereocenters. The van der Waals surface area contributed by atoms with Gasteiger partial charge < -0.3 is 4.52 Å². The van der Waals surface area contributed by atoms with Gasteiger partial charge in [0.15, 0.2) is 0 Å². The van der Waals surface area contributed by atoms with E-state index >= 15 is 0 Å². The summed E-state index contributed by atoms with van der Waals surface area (Å²) in [6.07, 6.45) is 0.804. The van der Waals surface area contributed by atoms with Gasteiger partial charge in [-0.2, -0.15) is 0 Å². The summed E-state index contributed by atoms with van der Waals surface area (Å²) in [5.41, 5.74) is 1.66. The van der Waals surface area contributed by atoms with Gasteiger partial charge in [0.2, 0.25) is 5.22 Å². The Morgan fingerprint density at radius 2 is 2.30 bits per heavy atom. The molecule has 0 spiro atoms. The molecule has 10 heavy (non-hydrogen) atoms. The molecular weight excluding hydrogens is 173 g/mol. The van der Waals surface area contributed by atoms with Gasteiger partial charge in [-0.05, 0) is 18.0 Å². The molecule has 0 aliphatic carbocycles. The molecule has 1 aromatic rings. The normalized spacial score (nSPS) is 10.3. The second-order valence-corrected chi connectivity index (χ2v) is 2.48. The van der Waals surface area contributed by atoms with E-state index in [0.717, 1.165) is 17.7 Å². The van der Waals surface area contributed by atoms with Crippen LogP contribution in [-0.2, 0) is 12.3 Å². The van der Waals surface area contributed by atoms with E-state index in [-0.39, 0.29) is 0 Å². The van der Waals surface area contributed by atoms with Gasteiger partial charge in [-0.3, -0.25) is 0 Å². The Labute approximate surface area is 69.1 Å². The lowest BCUT2D eigenvalue weighted by atomic mass is 10.2. The molecule has 0 saturated heterocycles. The van der Waals surface area contributed by atoms with Crippen LogP contribution in [-0.4, -0.2) is 5.16 Å². The van der Waals surface area contributed by atoms with Gasteiger partial charge in [0, 0.05) is 5.56 Å². The predicted molar refractivity (Wildman–Crippen MR) is 40.4 cm³/mol. The lowest BCUT2D eigenvalue weighted by Crippen LogP contribution is -1.84. The molecule has 0 aliphatic heterocycles. The summed E-state index contributed by atoms with van der Waals surface area (Å²) in [5.74, 6) is 0.367. The highest BCUT2D eigenvalue weighted by atomic mass is 35.5. The average molecular weight is 180 g/mol. The number of nitrogens with zero attached hydrogens (tertiary/aromatic N) is 1. The van der Waals surface area contributed by atoms with E-state index in [1.54, 1.807) is 0 Å². The summed E-state index contributed by atoms with van der Waals surface area (Å²) < 4.78 is 4.71. The number of hydrogen-bond donors (Lipinski definition) is 0. The standard InChI is InChI=1S/C6H7Cl2NO/c1-2-5-4(3-7)6(8)10-9-5/h2-3H2,1H3. The smallest absolute Gasteiger partial charge is 0.230 e. The van der Waals surface area contributed by atoms with Crippen LogP contribution < -0.4 is 0 Å². The molecule has 0 saturated carbocycles. The van der Waals surface area contributed by atoms with Crippen molar-refractivity contribution in [2.24, 2.45) is 0 Å². The number of aryl methyl sites for hydroxylation is 1. The number of alkyl halides is 1. The third-order valence-electron chi connectivity index (χ3n) is 1.29. The molecule has 0 N–H and O–H groups in total. The maximum Gasteiger partial charge on any atom is 0.230 e. The first-order valence-electron chi connectivity index (χ1n) is 2.98. The Hall–Kier alpha value is -0.210. The van der Waals surface area contributed by atoms with E-state index in [2.05, 4.69) is 5.16 Å². The Morgan fingerprint density at radius 1 is 1.60 bits per heavy atom. The van der Waals surface area contributed by atoms with Crippen LogP contribution in [0.3, 0.4) is 0 Å². The summed E-state index contributed by atoms with van der Waals surface area (Å²) in [6, 6.07) is 0. The minimum absolute atomic E-state index is 0.312. The van der Waals surface area contributed by atoms with Crippen LogP contribution in [0.4, 0.5) is 0 Å². The Bertz CT molecular complexity index is 222. The molecule has 1 heterocycles. The molecule has 0 aromatic carbocycles. The first-order valence-corrected chi connectivity index (χ1v) is 3.89. The monoisotopic (exact) mass is 179 g/mol. The number of hydrogen-bond acceptors (Lipinski definition) is 2. The van der Waals surface area contributed by atoms with E-state index in [4.69, 9.17) is 27.7 Å². The highest BCUT2D eigenvalue weighted by Gasteiger charge is 2.10. The van der Waals surface area contributed by atoms with Gasteiger partial charge in [0.05, 0.1) is 11.6 Å². The van der Waals surface area contributed by atoms with Crippen molar-refractivity contribution in [3.63, 3.8) is 0 Å². The van der Waals surface area contributed by atoms with Crippen LogP contribution in [0.2, 0.25) is 5.22 Å². The Balaban J connectivity index is 3.01. The third-order valence-corrected chi connectivity index (χ3v) is 1.85. The summed E-state index contributed by atoms with van der Waals surface area (Å²) in [6.45, 7) is 1.98. The van der Waals surface area contributed by atoms with Crippen LogP contribution in [0.15, 0.2) is 4.52 Å². The van der Waals surface area contributed by atoms with Gasteiger partial charge >= 0.3 is 0 Å². The number of aromatic nitrogens is 1. The van der Waals surface area contributed by atoms with Crippen LogP contribution in [0.1, 0.15) is 18.2 Å². The van der Waals surface area contributed by atoms with Crippen LogP contribution >= 0.6 is 23.2 Å². The predicted octanol–water partition coefficient (Wildman–Crippen LogP) is 2.63. The van der Waals surface area contributed by atoms with Crippen molar-refractivity contribution in [2.75, 3.05) is 0 Å². The van der Waals surface area contributed by atoms with E-state index in [9.17, 15) is 0 Å². The molecule has 4 heteroatoms. The molecule has 1 aromatic heterocycles. The van der Waals surface area contributed by atoms with E-state index in [0.29, 0.717) is 11.1 Å². The van der Waals surface area contributed by atoms with Crippen molar-refractivity contribution in [1.29, 1.82) is 0 Å². The van der Waals surface area contributed by atoms with Crippen LogP contribution in [0.25, 0.3) is 0 Å². The van der Waals surface area contributed by atoms with E-state index in [1.165, 1.54) is 0 Å². The quantitative estimate of drug-likeness (QED) is 0.653. The zero-order chi connectivity index (χ0) is 7.56. The first kappa shape index (κ1) is 7.89. The fourth-order valence-corrected chi connectivity index (χ4v) is 1.28. The van der Waals surface area contributed by atoms with Gasteiger partial charge in [-0.1, -0.05) is 12.1 Å². The topological polar surface area (TPSA) is 26.0 Å². The lowest BCUT2D eigenvalue weighted by Gasteiger charge is -1.89. The molecule has 1 rings (SSSR count). The maximum atomic E-state index is 5.61. The average Bonchev–Trinajstić information content (AvgIpc) is 2.30. The van der Waals surface area contributed by atoms with E-state index < -0.39 is 0 Å². The second kappa shape index (κ2) is 3.26. The summed E-state index contributed by atoms with van der Waals surface area (Å²) in [7, 11) is 0. The van der Waals surface area contributed by atoms with Gasteiger partial charge in [-0.25, -0.2) is 0 Å². The lowest BCUT2D eigenvalue weighted by molar-refractivity contribution is 0.414. The SMILES string of the molecule is CCc1noc(Cl)c1CCl. The minimum atomic E-state index is 0.312. The molecular formula is C6H7Cl2NO. The van der Waals surface area contributed by atoms with Crippen LogP contribution in [0.5, 0.6) is 0 Å². The van der Waals surface area contributed by atoms with E-state index in [1.807, 2.05) is 6.92 Å². The van der Waals surface area contributed by atoms with Crippen molar-refractivity contribution in [2.45, 2.75) is 19.2 Å². The molecule has 0 atom stereocenters. The number of rotatable bonds is 2. The first-order chi connectivity index (χ1) is 4.79. The Morgan fingerprint density at radius 3 is 2.70 bits per heavy atom. The molecule has 0 amide bonds. The van der Waals surface area contributed by atoms with Gasteiger partial charge in [0.25, 0.3) is 0 Å². The summed E-state index contributed by atoms with van der Waals surface area (Å²) in [5, 5.41) is 4.03. The van der Waals surface area contributed by atoms with Crippen LogP contribution in [0, 0.1) is 0 Å². The Kier molecular flexibility index (Phi) is 2.57. The van der Waals surface area contributed by atoms with Gasteiger partial charge in [-0.15, -0.1) is 11.6 Å². The number of halogens is 2. The molecule has 2 nitrogen and oxygen atoms in total. The van der Waals surface area contributed by atoms with Crippen molar-refractivity contribution in [3.05, 3.63) is 16.5 Å².